The molecule has 0 aliphatic heterocycles. The van der Waals surface area contributed by atoms with Gasteiger partial charge in [-0.15, -0.1) is 0 Å². The highest BCUT2D eigenvalue weighted by Gasteiger charge is 2.29. The summed E-state index contributed by atoms with van der Waals surface area (Å²) in [4.78, 5) is 0. The van der Waals surface area contributed by atoms with E-state index in [1.54, 1.807) is 7.11 Å². The molecule has 0 N–H and O–H groups in total. The summed E-state index contributed by atoms with van der Waals surface area (Å²) in [6.07, 6.45) is 9.10. The number of para-hydroxylation sites is 1. The summed E-state index contributed by atoms with van der Waals surface area (Å²) in [6, 6.07) is 6.50. The zero-order valence-electron chi connectivity index (χ0n) is 13.4. The van der Waals surface area contributed by atoms with E-state index in [1.165, 1.54) is 16.7 Å². The first-order valence-corrected chi connectivity index (χ1v) is 7.55. The van der Waals surface area contributed by atoms with E-state index in [2.05, 4.69) is 64.1 Å². The highest BCUT2D eigenvalue weighted by atomic mass is 16.5. The first-order chi connectivity index (χ1) is 9.50. The summed E-state index contributed by atoms with van der Waals surface area (Å²) in [5, 5.41) is 0. The van der Waals surface area contributed by atoms with E-state index < -0.39 is 0 Å². The average Bonchev–Trinajstić information content (AvgIpc) is 2.46. The monoisotopic (exact) mass is 270 g/mol. The highest BCUT2D eigenvalue weighted by molar-refractivity contribution is 5.51. The van der Waals surface area contributed by atoms with Crippen LogP contribution in [0.4, 0.5) is 0 Å². The van der Waals surface area contributed by atoms with Crippen LogP contribution in [-0.2, 0) is 11.8 Å². The predicted octanol–water partition coefficient (Wildman–Crippen LogP) is 5.06. The summed E-state index contributed by atoms with van der Waals surface area (Å²) in [7, 11) is 1.78. The van der Waals surface area contributed by atoms with Gasteiger partial charge in [0.2, 0.25) is 0 Å². The van der Waals surface area contributed by atoms with Crippen LogP contribution in [0.25, 0.3) is 0 Å². The smallest absolute Gasteiger partial charge is 0.126 e. The van der Waals surface area contributed by atoms with Crippen LogP contribution in [0.2, 0.25) is 0 Å². The normalized spacial score (nSPS) is 18.9. The molecule has 0 fully saturated rings. The maximum absolute atomic E-state index is 5.71. The Labute approximate surface area is 123 Å². The number of allylic oxidation sites excluding steroid dienone is 4. The summed E-state index contributed by atoms with van der Waals surface area (Å²) in [5.74, 6) is 1.70. The molecule has 20 heavy (non-hydrogen) atoms. The van der Waals surface area contributed by atoms with Gasteiger partial charge in [0, 0.05) is 11.0 Å². The molecule has 1 aliphatic carbocycles. The number of ether oxygens (including phenoxy) is 1. The lowest BCUT2D eigenvalue weighted by Crippen LogP contribution is -2.22. The Bertz CT molecular complexity index is 535. The third-order valence-electron chi connectivity index (χ3n) is 4.39. The molecule has 0 amide bonds. The molecule has 108 valence electrons. The summed E-state index contributed by atoms with van der Waals surface area (Å²) in [5.41, 5.74) is 3.94. The molecule has 2 rings (SSSR count). The van der Waals surface area contributed by atoms with Crippen LogP contribution >= 0.6 is 0 Å². The fourth-order valence-electron chi connectivity index (χ4n) is 2.94. The standard InChI is InChI=1S/C19H26O/c1-6-15-8-7-9-17(18(15)20-5)19(3,4)16-12-10-14(2)11-13-16/h7-10,12-14H,6,11H2,1-5H3. The van der Waals surface area contributed by atoms with Gasteiger partial charge in [0.15, 0.2) is 0 Å². The van der Waals surface area contributed by atoms with Crippen LogP contribution in [-0.4, -0.2) is 7.11 Å². The zero-order valence-corrected chi connectivity index (χ0v) is 13.4. The summed E-state index contributed by atoms with van der Waals surface area (Å²) in [6.45, 7) is 9.01. The lowest BCUT2D eigenvalue weighted by Gasteiger charge is -2.31. The van der Waals surface area contributed by atoms with Crippen molar-refractivity contribution in [2.75, 3.05) is 7.11 Å². The number of methoxy groups -OCH3 is 1. The second-order valence-electron chi connectivity index (χ2n) is 6.21. The fraction of sp³-hybridized carbons (Fsp3) is 0.474. The first-order valence-electron chi connectivity index (χ1n) is 7.55. The van der Waals surface area contributed by atoms with E-state index in [0.717, 1.165) is 18.6 Å². The topological polar surface area (TPSA) is 9.23 Å². The minimum atomic E-state index is -0.0207. The van der Waals surface area contributed by atoms with Gasteiger partial charge in [-0.2, -0.15) is 0 Å². The lowest BCUT2D eigenvalue weighted by atomic mass is 9.74. The van der Waals surface area contributed by atoms with Crippen LogP contribution < -0.4 is 4.74 Å². The molecule has 1 unspecified atom stereocenters. The minimum absolute atomic E-state index is 0.0207. The molecule has 1 aromatic rings. The molecule has 1 aliphatic rings. The van der Waals surface area contributed by atoms with Crippen molar-refractivity contribution in [2.24, 2.45) is 5.92 Å². The Balaban J connectivity index is 2.47. The van der Waals surface area contributed by atoms with Gasteiger partial charge in [-0.1, -0.05) is 64.1 Å². The number of aryl methyl sites for hydroxylation is 1. The second kappa shape index (κ2) is 5.87. The maximum Gasteiger partial charge on any atom is 0.126 e. The van der Waals surface area contributed by atoms with Crippen LogP contribution in [0.15, 0.2) is 42.0 Å². The summed E-state index contributed by atoms with van der Waals surface area (Å²) >= 11 is 0. The number of rotatable bonds is 4. The number of hydrogen-bond acceptors (Lipinski definition) is 1. The van der Waals surface area contributed by atoms with E-state index in [1.807, 2.05) is 0 Å². The molecule has 0 spiro atoms. The van der Waals surface area contributed by atoms with E-state index in [0.29, 0.717) is 5.92 Å². The molecule has 0 bridgehead atoms. The Morgan fingerprint density at radius 3 is 2.60 bits per heavy atom. The molecule has 1 aromatic carbocycles. The Hall–Kier alpha value is -1.50. The number of benzene rings is 1. The largest absolute Gasteiger partial charge is 0.496 e. The van der Waals surface area contributed by atoms with Crippen molar-refractivity contribution >= 4 is 0 Å². The van der Waals surface area contributed by atoms with Crippen molar-refractivity contribution < 1.29 is 4.74 Å². The van der Waals surface area contributed by atoms with Gasteiger partial charge in [0.05, 0.1) is 7.11 Å². The van der Waals surface area contributed by atoms with Gasteiger partial charge in [-0.25, -0.2) is 0 Å². The average molecular weight is 270 g/mol. The Morgan fingerprint density at radius 2 is 2.05 bits per heavy atom. The summed E-state index contributed by atoms with van der Waals surface area (Å²) < 4.78 is 5.71. The third-order valence-corrected chi connectivity index (χ3v) is 4.39. The fourth-order valence-corrected chi connectivity index (χ4v) is 2.94. The SMILES string of the molecule is CCc1cccc(C(C)(C)C2=CCC(C)C=C2)c1OC. The maximum atomic E-state index is 5.71. The highest BCUT2D eigenvalue weighted by Crippen LogP contribution is 2.41. The van der Waals surface area contributed by atoms with Crippen LogP contribution in [0.5, 0.6) is 5.75 Å². The molecule has 0 radical (unpaired) electrons. The molecule has 1 heteroatoms. The first kappa shape index (κ1) is 14.9. The quantitative estimate of drug-likeness (QED) is 0.743. The van der Waals surface area contributed by atoms with Gasteiger partial charge in [0.25, 0.3) is 0 Å². The van der Waals surface area contributed by atoms with E-state index in [-0.39, 0.29) is 5.41 Å². The second-order valence-corrected chi connectivity index (χ2v) is 6.21. The van der Waals surface area contributed by atoms with Crippen molar-refractivity contribution in [3.63, 3.8) is 0 Å². The van der Waals surface area contributed by atoms with Gasteiger partial charge >= 0.3 is 0 Å². The lowest BCUT2D eigenvalue weighted by molar-refractivity contribution is 0.396. The van der Waals surface area contributed by atoms with Crippen molar-refractivity contribution in [1.29, 1.82) is 0 Å². The van der Waals surface area contributed by atoms with Crippen molar-refractivity contribution in [2.45, 2.75) is 46.0 Å². The predicted molar refractivity (Wildman–Crippen MR) is 86.4 cm³/mol. The molecule has 0 aromatic heterocycles. The van der Waals surface area contributed by atoms with Crippen LogP contribution in [0.1, 0.15) is 45.2 Å². The van der Waals surface area contributed by atoms with Crippen molar-refractivity contribution in [1.82, 2.24) is 0 Å². The molecular weight excluding hydrogens is 244 g/mol. The van der Waals surface area contributed by atoms with E-state index in [4.69, 9.17) is 4.74 Å². The van der Waals surface area contributed by atoms with E-state index >= 15 is 0 Å². The Kier molecular flexibility index (Phi) is 4.37. The van der Waals surface area contributed by atoms with Crippen LogP contribution in [0, 0.1) is 5.92 Å². The number of hydrogen-bond donors (Lipinski definition) is 0. The zero-order chi connectivity index (χ0) is 14.8. The molecule has 1 nitrogen and oxygen atoms in total. The van der Waals surface area contributed by atoms with Crippen LogP contribution in [0.3, 0.4) is 0 Å². The van der Waals surface area contributed by atoms with E-state index in [9.17, 15) is 0 Å². The molecule has 0 saturated heterocycles. The molecular formula is C19H26O. The van der Waals surface area contributed by atoms with Gasteiger partial charge in [-0.3, -0.25) is 0 Å². The van der Waals surface area contributed by atoms with Gasteiger partial charge < -0.3 is 4.74 Å². The molecule has 1 atom stereocenters. The van der Waals surface area contributed by atoms with Crippen molar-refractivity contribution in [3.05, 3.63) is 53.1 Å². The van der Waals surface area contributed by atoms with Crippen molar-refractivity contribution in [3.8, 4) is 5.75 Å². The third kappa shape index (κ3) is 2.67. The molecule has 0 saturated carbocycles. The molecule has 0 heterocycles. The van der Waals surface area contributed by atoms with Gasteiger partial charge in [0.1, 0.15) is 5.75 Å². The van der Waals surface area contributed by atoms with Gasteiger partial charge in [-0.05, 0) is 29.9 Å². The Morgan fingerprint density at radius 1 is 1.30 bits per heavy atom. The minimum Gasteiger partial charge on any atom is -0.496 e.